The number of thiophene rings is 1. The molecule has 26 heavy (non-hydrogen) atoms. The molecule has 2 aromatic heterocycles. The molecule has 1 aliphatic rings. The van der Waals surface area contributed by atoms with Gasteiger partial charge < -0.3 is 0 Å². The minimum atomic E-state index is -0.479. The zero-order valence-corrected chi connectivity index (χ0v) is 15.8. The molecule has 0 saturated carbocycles. The SMILES string of the molecule is CC1CCc2c(sc3nc(SCC#N)n(-c4ccccc4F)c(=O)c23)C1. The van der Waals surface area contributed by atoms with E-state index in [-0.39, 0.29) is 17.0 Å². The van der Waals surface area contributed by atoms with E-state index in [0.717, 1.165) is 36.6 Å². The summed E-state index contributed by atoms with van der Waals surface area (Å²) in [6.45, 7) is 2.21. The van der Waals surface area contributed by atoms with E-state index in [9.17, 15) is 9.18 Å². The summed E-state index contributed by atoms with van der Waals surface area (Å²) in [6.07, 6.45) is 2.86. The lowest BCUT2D eigenvalue weighted by atomic mass is 9.89. The van der Waals surface area contributed by atoms with Crippen molar-refractivity contribution in [1.82, 2.24) is 9.55 Å². The van der Waals surface area contributed by atoms with Crippen molar-refractivity contribution >= 4 is 33.3 Å². The van der Waals surface area contributed by atoms with Gasteiger partial charge in [0.1, 0.15) is 10.6 Å². The third-order valence-electron chi connectivity index (χ3n) is 4.66. The van der Waals surface area contributed by atoms with Gasteiger partial charge in [0.05, 0.1) is 22.9 Å². The average Bonchev–Trinajstić information content (AvgIpc) is 2.98. The maximum Gasteiger partial charge on any atom is 0.267 e. The maximum absolute atomic E-state index is 14.4. The number of hydrogen-bond donors (Lipinski definition) is 0. The van der Waals surface area contributed by atoms with Gasteiger partial charge in [-0.3, -0.25) is 9.36 Å². The highest BCUT2D eigenvalue weighted by Crippen LogP contribution is 2.37. The highest BCUT2D eigenvalue weighted by Gasteiger charge is 2.25. The van der Waals surface area contributed by atoms with Gasteiger partial charge in [0.2, 0.25) is 0 Å². The molecule has 1 atom stereocenters. The largest absolute Gasteiger partial charge is 0.268 e. The first kappa shape index (κ1) is 17.3. The summed E-state index contributed by atoms with van der Waals surface area (Å²) < 4.78 is 15.7. The van der Waals surface area contributed by atoms with Crippen LogP contribution in [-0.2, 0) is 12.8 Å². The third-order valence-corrected chi connectivity index (χ3v) is 6.61. The second-order valence-corrected chi connectivity index (χ2v) is 8.49. The van der Waals surface area contributed by atoms with E-state index >= 15 is 0 Å². The number of para-hydroxylation sites is 1. The number of halogens is 1. The van der Waals surface area contributed by atoms with Gasteiger partial charge in [0.15, 0.2) is 5.16 Å². The summed E-state index contributed by atoms with van der Waals surface area (Å²) in [5, 5.41) is 9.90. The van der Waals surface area contributed by atoms with Crippen LogP contribution in [0.15, 0.2) is 34.2 Å². The number of benzene rings is 1. The molecule has 0 fully saturated rings. The van der Waals surface area contributed by atoms with Crippen molar-refractivity contribution in [2.75, 3.05) is 5.75 Å². The molecule has 0 radical (unpaired) electrons. The number of aromatic nitrogens is 2. The fourth-order valence-electron chi connectivity index (χ4n) is 3.41. The fraction of sp³-hybridized carbons (Fsp3) is 0.316. The monoisotopic (exact) mass is 385 g/mol. The highest BCUT2D eigenvalue weighted by molar-refractivity contribution is 7.99. The Morgan fingerprint density at radius 2 is 2.27 bits per heavy atom. The van der Waals surface area contributed by atoms with Crippen LogP contribution in [0.3, 0.4) is 0 Å². The van der Waals surface area contributed by atoms with Gasteiger partial charge in [0, 0.05) is 4.88 Å². The van der Waals surface area contributed by atoms with Crippen molar-refractivity contribution in [1.29, 1.82) is 5.26 Å². The summed E-state index contributed by atoms with van der Waals surface area (Å²) in [5.41, 5.74) is 1.01. The van der Waals surface area contributed by atoms with Gasteiger partial charge in [-0.05, 0) is 42.9 Å². The van der Waals surface area contributed by atoms with Crippen LogP contribution in [0, 0.1) is 23.1 Å². The second-order valence-electron chi connectivity index (χ2n) is 6.47. The van der Waals surface area contributed by atoms with Gasteiger partial charge in [-0.2, -0.15) is 5.26 Å². The van der Waals surface area contributed by atoms with E-state index in [4.69, 9.17) is 5.26 Å². The van der Waals surface area contributed by atoms with Crippen molar-refractivity contribution in [3.05, 3.63) is 50.9 Å². The lowest BCUT2D eigenvalue weighted by molar-refractivity contribution is 0.509. The van der Waals surface area contributed by atoms with Crippen LogP contribution in [0.2, 0.25) is 0 Å². The standard InChI is InChI=1S/C19H16FN3OS2/c1-11-6-7-12-15(10-11)26-17-16(12)18(24)23(19(22-17)25-9-8-21)14-5-3-2-4-13(14)20/h2-5,11H,6-7,9-10H2,1H3. The predicted molar refractivity (Wildman–Crippen MR) is 103 cm³/mol. The third kappa shape index (κ3) is 2.83. The quantitative estimate of drug-likeness (QED) is 0.497. The molecule has 4 nitrogen and oxygen atoms in total. The second kappa shape index (κ2) is 6.86. The smallest absolute Gasteiger partial charge is 0.267 e. The average molecular weight is 385 g/mol. The number of hydrogen-bond acceptors (Lipinski definition) is 5. The summed E-state index contributed by atoms with van der Waals surface area (Å²) in [5.74, 6) is 0.262. The number of rotatable bonds is 3. The molecule has 132 valence electrons. The van der Waals surface area contributed by atoms with Gasteiger partial charge in [-0.15, -0.1) is 11.3 Å². The van der Waals surface area contributed by atoms with Crippen LogP contribution in [0.5, 0.6) is 0 Å². The van der Waals surface area contributed by atoms with Gasteiger partial charge in [0.25, 0.3) is 5.56 Å². The Kier molecular flexibility index (Phi) is 4.55. The van der Waals surface area contributed by atoms with E-state index in [0.29, 0.717) is 21.3 Å². The number of aryl methyl sites for hydroxylation is 1. The van der Waals surface area contributed by atoms with Crippen LogP contribution >= 0.6 is 23.1 Å². The van der Waals surface area contributed by atoms with Gasteiger partial charge in [-0.25, -0.2) is 9.37 Å². The first-order valence-corrected chi connectivity index (χ1v) is 10.2. The van der Waals surface area contributed by atoms with E-state index in [1.54, 1.807) is 29.5 Å². The van der Waals surface area contributed by atoms with Crippen molar-refractivity contribution in [2.45, 2.75) is 31.3 Å². The molecule has 0 amide bonds. The number of thioether (sulfide) groups is 1. The Morgan fingerprint density at radius 3 is 3.04 bits per heavy atom. The molecule has 2 heterocycles. The molecule has 0 bridgehead atoms. The molecule has 1 aliphatic carbocycles. The molecule has 4 rings (SSSR count). The normalized spacial score (nSPS) is 16.4. The van der Waals surface area contributed by atoms with E-state index in [1.165, 1.54) is 15.5 Å². The van der Waals surface area contributed by atoms with E-state index in [1.807, 2.05) is 6.07 Å². The molecule has 0 saturated heterocycles. The summed E-state index contributed by atoms with van der Waals surface area (Å²) in [4.78, 5) is 19.9. The molecule has 1 unspecified atom stereocenters. The summed E-state index contributed by atoms with van der Waals surface area (Å²) in [6, 6.07) is 8.23. The van der Waals surface area contributed by atoms with E-state index in [2.05, 4.69) is 11.9 Å². The van der Waals surface area contributed by atoms with Crippen molar-refractivity contribution < 1.29 is 4.39 Å². The first-order valence-electron chi connectivity index (χ1n) is 8.42. The highest BCUT2D eigenvalue weighted by atomic mass is 32.2. The van der Waals surface area contributed by atoms with Crippen LogP contribution in [-0.4, -0.2) is 15.3 Å². The van der Waals surface area contributed by atoms with Crippen molar-refractivity contribution in [3.63, 3.8) is 0 Å². The summed E-state index contributed by atoms with van der Waals surface area (Å²) in [7, 11) is 0. The zero-order chi connectivity index (χ0) is 18.3. The van der Waals surface area contributed by atoms with Crippen LogP contribution in [0.25, 0.3) is 15.9 Å². The number of fused-ring (bicyclic) bond motifs is 3. The van der Waals surface area contributed by atoms with E-state index < -0.39 is 5.82 Å². The Bertz CT molecular complexity index is 1100. The minimum absolute atomic E-state index is 0.147. The molecular formula is C19H16FN3OS2. The Balaban J connectivity index is 2.02. The molecule has 1 aromatic carbocycles. The molecule has 7 heteroatoms. The fourth-order valence-corrected chi connectivity index (χ4v) is 5.50. The van der Waals surface area contributed by atoms with Crippen molar-refractivity contribution in [2.24, 2.45) is 5.92 Å². The van der Waals surface area contributed by atoms with Crippen LogP contribution in [0.1, 0.15) is 23.8 Å². The Hall–Kier alpha value is -2.17. The Labute approximate surface area is 158 Å². The summed E-state index contributed by atoms with van der Waals surface area (Å²) >= 11 is 2.72. The molecule has 0 N–H and O–H groups in total. The number of nitrogens with zero attached hydrogens (tertiary/aromatic N) is 3. The lowest BCUT2D eigenvalue weighted by Gasteiger charge is -2.17. The zero-order valence-electron chi connectivity index (χ0n) is 14.2. The van der Waals surface area contributed by atoms with Crippen molar-refractivity contribution in [3.8, 4) is 11.8 Å². The Morgan fingerprint density at radius 1 is 1.46 bits per heavy atom. The molecule has 0 aliphatic heterocycles. The topological polar surface area (TPSA) is 58.7 Å². The number of nitriles is 1. The van der Waals surface area contributed by atoms with Crippen LogP contribution < -0.4 is 5.56 Å². The maximum atomic E-state index is 14.4. The molecule has 3 aromatic rings. The van der Waals surface area contributed by atoms with Crippen LogP contribution in [0.4, 0.5) is 4.39 Å². The predicted octanol–water partition coefficient (Wildman–Crippen LogP) is 4.33. The van der Waals surface area contributed by atoms with Gasteiger partial charge >= 0.3 is 0 Å². The molecular weight excluding hydrogens is 369 g/mol. The minimum Gasteiger partial charge on any atom is -0.268 e. The lowest BCUT2D eigenvalue weighted by Crippen LogP contribution is -2.23. The first-order chi connectivity index (χ1) is 12.6. The molecule has 0 spiro atoms. The van der Waals surface area contributed by atoms with Gasteiger partial charge in [-0.1, -0.05) is 30.8 Å².